The molecule has 0 saturated carbocycles. The van der Waals surface area contributed by atoms with Crippen LogP contribution >= 0.6 is 11.3 Å². The van der Waals surface area contributed by atoms with Gasteiger partial charge >= 0.3 is 0 Å². The van der Waals surface area contributed by atoms with Crippen molar-refractivity contribution in [2.75, 3.05) is 18.7 Å². The molecule has 2 aromatic heterocycles. The quantitative estimate of drug-likeness (QED) is 0.367. The molecule has 1 atom stereocenters. The molecule has 0 bridgehead atoms. The third-order valence-electron chi connectivity index (χ3n) is 6.89. The number of thiazole rings is 1. The first-order valence-corrected chi connectivity index (χ1v) is 14.8. The molecule has 10 nitrogen and oxygen atoms in total. The average Bonchev–Trinajstić information content (AvgIpc) is 3.64. The molecule has 1 saturated heterocycles. The van der Waals surface area contributed by atoms with Gasteiger partial charge in [-0.05, 0) is 50.5 Å². The first-order chi connectivity index (χ1) is 18.3. The van der Waals surface area contributed by atoms with Gasteiger partial charge in [0.2, 0.25) is 21.9 Å². The third-order valence-corrected chi connectivity index (χ3v) is 9.85. The molecular weight excluding hydrogens is 526 g/mol. The lowest BCUT2D eigenvalue weighted by Gasteiger charge is -2.34. The molecule has 4 aromatic rings. The molecule has 4 heterocycles. The number of anilines is 1. The number of nitrogens with one attached hydrogen (secondary N) is 1. The van der Waals surface area contributed by atoms with Crippen molar-refractivity contribution in [3.8, 4) is 16.6 Å². The number of benzene rings is 2. The van der Waals surface area contributed by atoms with Crippen molar-refractivity contribution in [1.29, 1.82) is 0 Å². The van der Waals surface area contributed by atoms with Gasteiger partial charge in [-0.25, -0.2) is 13.4 Å². The van der Waals surface area contributed by atoms with Crippen molar-refractivity contribution in [2.45, 2.75) is 50.5 Å². The second kappa shape index (κ2) is 9.68. The molecule has 1 fully saturated rings. The summed E-state index contributed by atoms with van der Waals surface area (Å²) in [6, 6.07) is 11.6. The highest BCUT2D eigenvalue weighted by atomic mass is 32.2. The molecule has 12 heteroatoms. The van der Waals surface area contributed by atoms with Crippen molar-refractivity contribution in [2.24, 2.45) is 0 Å². The van der Waals surface area contributed by atoms with E-state index < -0.39 is 10.0 Å². The molecule has 0 radical (unpaired) electrons. The van der Waals surface area contributed by atoms with Crippen molar-refractivity contribution in [3.05, 3.63) is 53.7 Å². The number of hydrogen-bond acceptors (Lipinski definition) is 8. The number of piperidine rings is 1. The first-order valence-electron chi connectivity index (χ1n) is 12.5. The SMILES string of the molecule is CCC1CCCCN1S(=O)(=O)c1ccc(C(=O)Nc2cc(C)nn2-c2nc3cc4c(cc3s2)OCO4)cc1. The summed E-state index contributed by atoms with van der Waals surface area (Å²) < 4.78 is 41.5. The monoisotopic (exact) mass is 553 g/mol. The lowest BCUT2D eigenvalue weighted by molar-refractivity contribution is 0.102. The van der Waals surface area contributed by atoms with Crippen LogP contribution in [0.3, 0.4) is 0 Å². The lowest BCUT2D eigenvalue weighted by atomic mass is 10.0. The van der Waals surface area contributed by atoms with E-state index in [4.69, 9.17) is 9.47 Å². The number of fused-ring (bicyclic) bond motifs is 2. The number of amides is 1. The Labute approximate surface area is 224 Å². The van der Waals surface area contributed by atoms with Gasteiger partial charge in [0.15, 0.2) is 11.5 Å². The van der Waals surface area contributed by atoms with Gasteiger partial charge in [-0.3, -0.25) is 4.79 Å². The van der Waals surface area contributed by atoms with E-state index in [-0.39, 0.29) is 23.6 Å². The normalized spacial score (nSPS) is 17.7. The van der Waals surface area contributed by atoms with Crippen molar-refractivity contribution < 1.29 is 22.7 Å². The van der Waals surface area contributed by atoms with E-state index >= 15 is 0 Å². The van der Waals surface area contributed by atoms with Crippen molar-refractivity contribution in [3.63, 3.8) is 0 Å². The molecule has 1 N–H and O–H groups in total. The summed E-state index contributed by atoms with van der Waals surface area (Å²) in [5, 5.41) is 7.99. The molecule has 0 spiro atoms. The van der Waals surface area contributed by atoms with Crippen LogP contribution in [-0.4, -0.2) is 52.8 Å². The minimum Gasteiger partial charge on any atom is -0.454 e. The molecule has 2 aromatic carbocycles. The smallest absolute Gasteiger partial charge is 0.256 e. The number of nitrogens with zero attached hydrogens (tertiary/aromatic N) is 4. The van der Waals surface area contributed by atoms with Crippen LogP contribution in [0.1, 0.15) is 48.7 Å². The summed E-state index contributed by atoms with van der Waals surface area (Å²) in [4.78, 5) is 18.0. The van der Waals surface area contributed by atoms with Gasteiger partial charge in [0.1, 0.15) is 5.82 Å². The number of aryl methyl sites for hydroxylation is 1. The Morgan fingerprint density at radius 1 is 1.13 bits per heavy atom. The molecule has 2 aliphatic rings. The summed E-state index contributed by atoms with van der Waals surface area (Å²) in [5.41, 5.74) is 1.80. The lowest BCUT2D eigenvalue weighted by Crippen LogP contribution is -2.43. The van der Waals surface area contributed by atoms with Gasteiger partial charge < -0.3 is 14.8 Å². The van der Waals surface area contributed by atoms with Gasteiger partial charge in [0, 0.05) is 36.3 Å². The van der Waals surface area contributed by atoms with E-state index in [1.807, 2.05) is 26.0 Å². The van der Waals surface area contributed by atoms with Crippen LogP contribution in [0.4, 0.5) is 5.82 Å². The minimum atomic E-state index is -3.62. The van der Waals surface area contributed by atoms with Crippen LogP contribution in [0.15, 0.2) is 47.4 Å². The van der Waals surface area contributed by atoms with Gasteiger partial charge in [0.05, 0.1) is 20.8 Å². The van der Waals surface area contributed by atoms with Gasteiger partial charge in [-0.2, -0.15) is 14.1 Å². The minimum absolute atomic E-state index is 0.0174. The van der Waals surface area contributed by atoms with Gasteiger partial charge in [0.25, 0.3) is 5.91 Å². The maximum atomic E-state index is 13.3. The molecule has 2 aliphatic heterocycles. The fourth-order valence-corrected chi connectivity index (χ4v) is 7.64. The Balaban J connectivity index is 1.23. The van der Waals surface area contributed by atoms with E-state index in [9.17, 15) is 13.2 Å². The molecule has 1 unspecified atom stereocenters. The Kier molecular flexibility index (Phi) is 6.33. The van der Waals surface area contributed by atoms with E-state index in [0.717, 1.165) is 35.9 Å². The maximum absolute atomic E-state index is 13.3. The molecule has 198 valence electrons. The topological polar surface area (TPSA) is 116 Å². The fourth-order valence-electron chi connectivity index (χ4n) is 4.93. The Hall–Kier alpha value is -3.48. The largest absolute Gasteiger partial charge is 0.454 e. The second-order valence-corrected chi connectivity index (χ2v) is 12.3. The van der Waals surface area contributed by atoms with E-state index in [2.05, 4.69) is 15.4 Å². The van der Waals surface area contributed by atoms with E-state index in [1.165, 1.54) is 23.5 Å². The highest BCUT2D eigenvalue weighted by molar-refractivity contribution is 7.89. The first kappa shape index (κ1) is 24.8. The average molecular weight is 554 g/mol. The van der Waals surface area contributed by atoms with E-state index in [1.54, 1.807) is 27.2 Å². The predicted molar refractivity (Wildman–Crippen MR) is 144 cm³/mol. The number of hydrogen-bond donors (Lipinski definition) is 1. The number of sulfonamides is 1. The molecule has 0 aliphatic carbocycles. The van der Waals surface area contributed by atoms with Crippen LogP contribution in [0.2, 0.25) is 0 Å². The summed E-state index contributed by atoms with van der Waals surface area (Å²) in [5.74, 6) is 1.41. The van der Waals surface area contributed by atoms with Crippen molar-refractivity contribution >= 4 is 43.3 Å². The summed E-state index contributed by atoms with van der Waals surface area (Å²) in [6.45, 7) is 4.57. The Morgan fingerprint density at radius 3 is 2.66 bits per heavy atom. The Bertz CT molecular complexity index is 1590. The number of aromatic nitrogens is 3. The third kappa shape index (κ3) is 4.42. The number of ether oxygens (including phenoxy) is 2. The number of rotatable bonds is 6. The van der Waals surface area contributed by atoms with Crippen LogP contribution in [0.5, 0.6) is 11.5 Å². The second-order valence-electron chi connectivity index (χ2n) is 9.40. The highest BCUT2D eigenvalue weighted by Crippen LogP contribution is 2.39. The summed E-state index contributed by atoms with van der Waals surface area (Å²) >= 11 is 1.42. The van der Waals surface area contributed by atoms with Gasteiger partial charge in [-0.1, -0.05) is 24.7 Å². The van der Waals surface area contributed by atoms with Crippen molar-refractivity contribution in [1.82, 2.24) is 19.1 Å². The van der Waals surface area contributed by atoms with Crippen LogP contribution in [0, 0.1) is 6.92 Å². The van der Waals surface area contributed by atoms with Crippen LogP contribution in [-0.2, 0) is 10.0 Å². The Morgan fingerprint density at radius 2 is 1.89 bits per heavy atom. The fraction of sp³-hybridized carbons (Fsp3) is 0.346. The zero-order valence-electron chi connectivity index (χ0n) is 21.0. The van der Waals surface area contributed by atoms with Crippen LogP contribution < -0.4 is 14.8 Å². The molecule has 6 rings (SSSR count). The summed E-state index contributed by atoms with van der Waals surface area (Å²) in [7, 11) is -3.62. The predicted octanol–water partition coefficient (Wildman–Crippen LogP) is 4.72. The van der Waals surface area contributed by atoms with Crippen LogP contribution in [0.25, 0.3) is 15.3 Å². The van der Waals surface area contributed by atoms with E-state index in [0.29, 0.717) is 40.3 Å². The maximum Gasteiger partial charge on any atom is 0.256 e. The highest BCUT2D eigenvalue weighted by Gasteiger charge is 2.32. The number of carbonyl (C=O) groups excluding carboxylic acids is 1. The number of carbonyl (C=O) groups is 1. The standard InChI is InChI=1S/C26H27N5O5S2/c1-3-18-6-4-5-11-30(18)38(33,34)19-9-7-17(8-10-19)25(32)28-24-12-16(2)29-31(24)26-27-20-13-21-22(36-15-35-21)14-23(20)37-26/h7-10,12-14,18H,3-6,11,15H2,1-2H3,(H,28,32). The zero-order valence-corrected chi connectivity index (χ0v) is 22.6. The molecule has 1 amide bonds. The zero-order chi connectivity index (χ0) is 26.4. The summed E-state index contributed by atoms with van der Waals surface area (Å²) in [6.07, 6.45) is 3.57. The molecular formula is C26H27N5O5S2. The molecule has 38 heavy (non-hydrogen) atoms. The van der Waals surface area contributed by atoms with Gasteiger partial charge in [-0.15, -0.1) is 0 Å².